The first-order chi connectivity index (χ1) is 17.0. The van der Waals surface area contributed by atoms with Crippen LogP contribution in [0.25, 0.3) is 16.6 Å². The van der Waals surface area contributed by atoms with Crippen molar-refractivity contribution >= 4 is 28.4 Å². The molecule has 2 aromatic carbocycles. The van der Waals surface area contributed by atoms with Gasteiger partial charge in [-0.15, -0.1) is 0 Å². The molecule has 0 saturated carbocycles. The molecule has 36 heavy (non-hydrogen) atoms. The van der Waals surface area contributed by atoms with E-state index in [0.717, 1.165) is 28.9 Å². The van der Waals surface area contributed by atoms with E-state index in [1.165, 1.54) is 13.3 Å². The maximum absolute atomic E-state index is 14.2. The molecule has 0 aliphatic rings. The monoisotopic (exact) mass is 517 g/mol. The van der Waals surface area contributed by atoms with E-state index in [2.05, 4.69) is 20.4 Å². The number of nitrogens with zero attached hydrogens (tertiary/aromatic N) is 4. The van der Waals surface area contributed by atoms with E-state index in [1.54, 1.807) is 16.8 Å². The van der Waals surface area contributed by atoms with Gasteiger partial charge < -0.3 is 10.1 Å². The zero-order valence-electron chi connectivity index (χ0n) is 19.9. The number of hydrogen-bond acceptors (Lipinski definition) is 5. The molecule has 0 spiro atoms. The second-order valence-electron chi connectivity index (χ2n) is 8.48. The number of hydrogen-bond donors (Lipinski definition) is 1. The summed E-state index contributed by atoms with van der Waals surface area (Å²) in [6.07, 6.45) is 1.46. The highest BCUT2D eigenvalue weighted by Gasteiger charge is 2.33. The molecule has 7 nitrogen and oxygen atoms in total. The molecule has 0 unspecified atom stereocenters. The molecule has 1 N–H and O–H groups in total. The number of halogens is 4. The van der Waals surface area contributed by atoms with E-state index in [1.807, 2.05) is 26.0 Å². The summed E-state index contributed by atoms with van der Waals surface area (Å²) >= 11 is 6.31. The molecule has 1 amide bonds. The molecule has 188 valence electrons. The predicted molar refractivity (Wildman–Crippen MR) is 129 cm³/mol. The lowest BCUT2D eigenvalue weighted by atomic mass is 10.0. The van der Waals surface area contributed by atoms with Gasteiger partial charge in [-0.05, 0) is 50.6 Å². The van der Waals surface area contributed by atoms with Crippen LogP contribution >= 0.6 is 11.6 Å². The number of alkyl halides is 2. The van der Waals surface area contributed by atoms with Crippen LogP contribution in [0.5, 0.6) is 5.75 Å². The molecule has 1 atom stereocenters. The van der Waals surface area contributed by atoms with Crippen molar-refractivity contribution in [2.75, 3.05) is 0 Å². The summed E-state index contributed by atoms with van der Waals surface area (Å²) in [6.45, 7) is 5.51. The minimum atomic E-state index is -3.59. The Hall–Kier alpha value is -3.66. The molecular formula is C25H23ClF3N5O2. The lowest BCUT2D eigenvalue weighted by Gasteiger charge is -2.21. The molecule has 2 aromatic heterocycles. The van der Waals surface area contributed by atoms with E-state index in [0.29, 0.717) is 29.6 Å². The van der Waals surface area contributed by atoms with Crippen molar-refractivity contribution in [3.63, 3.8) is 0 Å². The minimum absolute atomic E-state index is 0.0395. The number of ether oxygens (including phenoxy) is 1. The molecule has 0 radical (unpaired) electrons. The Morgan fingerprint density at radius 3 is 2.67 bits per heavy atom. The molecule has 4 aromatic rings. The van der Waals surface area contributed by atoms with Gasteiger partial charge in [0.15, 0.2) is 0 Å². The van der Waals surface area contributed by atoms with Crippen LogP contribution in [0.1, 0.15) is 42.5 Å². The summed E-state index contributed by atoms with van der Waals surface area (Å²) in [7, 11) is 0. The van der Waals surface area contributed by atoms with E-state index in [9.17, 15) is 18.0 Å². The number of fused-ring (bicyclic) bond motifs is 1. The predicted octanol–water partition coefficient (Wildman–Crippen LogP) is 5.64. The van der Waals surface area contributed by atoms with Crippen LogP contribution in [0.3, 0.4) is 0 Å². The van der Waals surface area contributed by atoms with Gasteiger partial charge >= 0.3 is 5.92 Å². The molecule has 0 aliphatic heterocycles. The summed E-state index contributed by atoms with van der Waals surface area (Å²) in [5.74, 6) is -4.61. The molecule has 0 aliphatic carbocycles. The normalized spacial score (nSPS) is 12.6. The topological polar surface area (TPSA) is 81.9 Å². The summed E-state index contributed by atoms with van der Waals surface area (Å²) in [5, 5.41) is 7.29. The van der Waals surface area contributed by atoms with Crippen molar-refractivity contribution in [3.8, 4) is 11.4 Å². The summed E-state index contributed by atoms with van der Waals surface area (Å²) in [4.78, 5) is 20.6. The average molecular weight is 518 g/mol. The van der Waals surface area contributed by atoms with E-state index in [4.69, 9.17) is 16.3 Å². The minimum Gasteiger partial charge on any atom is -0.487 e. The van der Waals surface area contributed by atoms with Gasteiger partial charge in [-0.25, -0.2) is 19.0 Å². The van der Waals surface area contributed by atoms with Crippen LogP contribution in [-0.4, -0.2) is 31.6 Å². The first-order valence-corrected chi connectivity index (χ1v) is 11.4. The Morgan fingerprint density at radius 2 is 2.00 bits per heavy atom. The lowest BCUT2D eigenvalue weighted by molar-refractivity contribution is -0.143. The summed E-state index contributed by atoms with van der Waals surface area (Å²) in [5.41, 5.74) is 2.63. The van der Waals surface area contributed by atoms with Crippen LogP contribution in [0, 0.1) is 19.7 Å². The fourth-order valence-corrected chi connectivity index (χ4v) is 4.14. The molecule has 2 heterocycles. The largest absolute Gasteiger partial charge is 0.487 e. The smallest absolute Gasteiger partial charge is 0.321 e. The Bertz CT molecular complexity index is 1450. The number of carbonyl (C=O) groups excluding carboxylic acids is 1. The van der Waals surface area contributed by atoms with Gasteiger partial charge in [-0.2, -0.15) is 13.9 Å². The SMILES string of the molecule is Cc1cc(-n2ncnc2C)c2cccc(OCc3c(Cl)cc(F)cc3[C@H](C)NC(=O)C(C)(F)F)c2n1. The standard InChI is InChI=1S/C25H23ClF3N5O2/c1-13-8-21(34-15(3)30-12-31-34)17-6-5-7-22(23(17)32-13)36-11-19-18(9-16(27)10-20(19)26)14(2)33-24(35)25(4,28)29/h5-10,12,14H,11H2,1-4H3,(H,33,35)/t14-/m0/s1. The van der Waals surface area contributed by atoms with Crippen LogP contribution in [-0.2, 0) is 11.4 Å². The fraction of sp³-hybridized carbons (Fsp3) is 0.280. The number of para-hydroxylation sites is 1. The second kappa shape index (κ2) is 9.77. The molecular weight excluding hydrogens is 495 g/mol. The third-order valence-corrected chi connectivity index (χ3v) is 5.97. The average Bonchev–Trinajstić information content (AvgIpc) is 3.22. The summed E-state index contributed by atoms with van der Waals surface area (Å²) in [6, 6.07) is 8.58. The van der Waals surface area contributed by atoms with Crippen molar-refractivity contribution in [2.24, 2.45) is 0 Å². The summed E-state index contributed by atoms with van der Waals surface area (Å²) < 4.78 is 48.7. The third kappa shape index (κ3) is 5.13. The van der Waals surface area contributed by atoms with Crippen molar-refractivity contribution in [3.05, 3.63) is 76.2 Å². The number of carbonyl (C=O) groups is 1. The maximum atomic E-state index is 14.2. The van der Waals surface area contributed by atoms with Gasteiger partial charge in [-0.3, -0.25) is 4.79 Å². The number of rotatable bonds is 7. The highest BCUT2D eigenvalue weighted by atomic mass is 35.5. The third-order valence-electron chi connectivity index (χ3n) is 5.63. The number of aromatic nitrogens is 4. The van der Waals surface area contributed by atoms with Crippen LogP contribution in [0.2, 0.25) is 5.02 Å². The van der Waals surface area contributed by atoms with Crippen molar-refractivity contribution in [1.29, 1.82) is 0 Å². The highest BCUT2D eigenvalue weighted by Crippen LogP contribution is 2.32. The van der Waals surface area contributed by atoms with Crippen LogP contribution in [0.4, 0.5) is 13.2 Å². The number of pyridine rings is 1. The number of benzene rings is 2. The van der Waals surface area contributed by atoms with Gasteiger partial charge in [-0.1, -0.05) is 23.7 Å². The van der Waals surface area contributed by atoms with E-state index >= 15 is 0 Å². The Kier molecular flexibility index (Phi) is 6.90. The van der Waals surface area contributed by atoms with E-state index in [-0.39, 0.29) is 17.2 Å². The molecule has 11 heteroatoms. The van der Waals surface area contributed by atoms with E-state index < -0.39 is 23.7 Å². The maximum Gasteiger partial charge on any atom is 0.321 e. The quantitative estimate of drug-likeness (QED) is 0.343. The molecule has 0 bridgehead atoms. The zero-order valence-corrected chi connectivity index (χ0v) is 20.7. The van der Waals surface area contributed by atoms with Gasteiger partial charge in [0.25, 0.3) is 5.91 Å². The Morgan fingerprint density at radius 1 is 1.25 bits per heavy atom. The first kappa shape index (κ1) is 25.4. The fourth-order valence-electron chi connectivity index (χ4n) is 3.87. The lowest BCUT2D eigenvalue weighted by Crippen LogP contribution is -2.39. The van der Waals surface area contributed by atoms with Crippen molar-refractivity contribution in [2.45, 2.75) is 46.3 Å². The highest BCUT2D eigenvalue weighted by molar-refractivity contribution is 6.31. The molecule has 0 saturated heterocycles. The Labute approximate surface area is 210 Å². The van der Waals surface area contributed by atoms with Crippen LogP contribution < -0.4 is 10.1 Å². The van der Waals surface area contributed by atoms with Gasteiger partial charge in [0, 0.05) is 23.6 Å². The number of nitrogens with one attached hydrogen (secondary N) is 1. The van der Waals surface area contributed by atoms with Crippen molar-refractivity contribution in [1.82, 2.24) is 25.1 Å². The molecule has 4 rings (SSSR count). The van der Waals surface area contributed by atoms with Gasteiger partial charge in [0.05, 0.1) is 16.8 Å². The number of aryl methyl sites for hydroxylation is 2. The Balaban J connectivity index is 1.70. The zero-order chi connectivity index (χ0) is 26.2. The van der Waals surface area contributed by atoms with Crippen LogP contribution in [0.15, 0.2) is 42.7 Å². The van der Waals surface area contributed by atoms with Crippen molar-refractivity contribution < 1.29 is 22.7 Å². The molecule has 0 fully saturated rings. The second-order valence-corrected chi connectivity index (χ2v) is 8.89. The van der Waals surface area contributed by atoms with Gasteiger partial charge in [0.2, 0.25) is 0 Å². The first-order valence-electron chi connectivity index (χ1n) is 11.0. The van der Waals surface area contributed by atoms with Gasteiger partial charge in [0.1, 0.15) is 35.8 Å². The number of amides is 1.